The summed E-state index contributed by atoms with van der Waals surface area (Å²) in [5.41, 5.74) is 1.43. The lowest BCUT2D eigenvalue weighted by Crippen LogP contribution is -2.46. The summed E-state index contributed by atoms with van der Waals surface area (Å²) in [5, 5.41) is 5.22. The highest BCUT2D eigenvalue weighted by molar-refractivity contribution is 5.95. The van der Waals surface area contributed by atoms with Gasteiger partial charge in [-0.25, -0.2) is 4.79 Å². The number of imide groups is 1. The van der Waals surface area contributed by atoms with E-state index in [1.54, 1.807) is 0 Å². The van der Waals surface area contributed by atoms with Crippen molar-refractivity contribution in [2.24, 2.45) is 0 Å². The Labute approximate surface area is 139 Å². The minimum absolute atomic E-state index is 0.215. The molecule has 23 heavy (non-hydrogen) atoms. The standard InChI is InChI=1S/C18H31N3O2/c1-21(16-10-6-3-7-11-16)14-17(22)20-18(23)19-13-12-15-8-4-2-5-9-15/h8,16H,2-7,9-14H2,1H3,(H2,19,20,22,23). The number of likely N-dealkylation sites (N-methyl/N-ethyl adjacent to an activating group) is 1. The van der Waals surface area contributed by atoms with Crippen LogP contribution < -0.4 is 10.6 Å². The summed E-state index contributed by atoms with van der Waals surface area (Å²) >= 11 is 0. The number of nitrogens with one attached hydrogen (secondary N) is 2. The summed E-state index contributed by atoms with van der Waals surface area (Å²) < 4.78 is 0. The van der Waals surface area contributed by atoms with E-state index in [4.69, 9.17) is 0 Å². The van der Waals surface area contributed by atoms with Gasteiger partial charge < -0.3 is 5.32 Å². The molecule has 0 aromatic rings. The highest BCUT2D eigenvalue weighted by Crippen LogP contribution is 2.21. The van der Waals surface area contributed by atoms with Gasteiger partial charge >= 0.3 is 6.03 Å². The minimum atomic E-state index is -0.372. The molecule has 2 N–H and O–H groups in total. The molecule has 3 amide bonds. The zero-order valence-electron chi connectivity index (χ0n) is 14.4. The first-order chi connectivity index (χ1) is 11.1. The van der Waals surface area contributed by atoms with Crippen molar-refractivity contribution in [3.8, 4) is 0 Å². The first-order valence-corrected chi connectivity index (χ1v) is 9.11. The fraction of sp³-hybridized carbons (Fsp3) is 0.778. The lowest BCUT2D eigenvalue weighted by Gasteiger charge is -2.30. The molecule has 2 rings (SSSR count). The third-order valence-corrected chi connectivity index (χ3v) is 4.96. The molecule has 1 saturated carbocycles. The van der Waals surface area contributed by atoms with Gasteiger partial charge in [-0.15, -0.1) is 0 Å². The minimum Gasteiger partial charge on any atom is -0.337 e. The van der Waals surface area contributed by atoms with Crippen LogP contribution in [0.15, 0.2) is 11.6 Å². The summed E-state index contributed by atoms with van der Waals surface area (Å²) in [6.07, 6.45) is 14.1. The van der Waals surface area contributed by atoms with Crippen LogP contribution in [-0.4, -0.2) is 43.0 Å². The Balaban J connectivity index is 1.60. The predicted octanol–water partition coefficient (Wildman–Crippen LogP) is 2.97. The first kappa shape index (κ1) is 18.0. The van der Waals surface area contributed by atoms with Gasteiger partial charge in [-0.05, 0) is 52.0 Å². The molecule has 0 unspecified atom stereocenters. The number of hydrogen-bond donors (Lipinski definition) is 2. The molecule has 5 nitrogen and oxygen atoms in total. The van der Waals surface area contributed by atoms with Crippen LogP contribution in [0.4, 0.5) is 4.79 Å². The van der Waals surface area contributed by atoms with E-state index in [2.05, 4.69) is 21.6 Å². The maximum Gasteiger partial charge on any atom is 0.321 e. The van der Waals surface area contributed by atoms with Gasteiger partial charge in [0.15, 0.2) is 0 Å². The molecule has 0 saturated heterocycles. The third kappa shape index (κ3) is 6.73. The Kier molecular flexibility index (Phi) is 7.59. The zero-order valence-corrected chi connectivity index (χ0v) is 14.4. The van der Waals surface area contributed by atoms with Crippen molar-refractivity contribution < 1.29 is 9.59 Å². The van der Waals surface area contributed by atoms with Crippen LogP contribution in [-0.2, 0) is 4.79 Å². The van der Waals surface area contributed by atoms with Crippen LogP contribution in [0.25, 0.3) is 0 Å². The SMILES string of the molecule is CN(CC(=O)NC(=O)NCCC1=CCCCC1)C1CCCCC1. The highest BCUT2D eigenvalue weighted by Gasteiger charge is 2.20. The smallest absolute Gasteiger partial charge is 0.321 e. The topological polar surface area (TPSA) is 61.4 Å². The number of carbonyl (C=O) groups is 2. The highest BCUT2D eigenvalue weighted by atomic mass is 16.2. The number of hydrogen-bond acceptors (Lipinski definition) is 3. The molecular weight excluding hydrogens is 290 g/mol. The number of amides is 3. The normalized spacial score (nSPS) is 19.3. The summed E-state index contributed by atoms with van der Waals surface area (Å²) in [6, 6.07) is 0.110. The first-order valence-electron chi connectivity index (χ1n) is 9.11. The summed E-state index contributed by atoms with van der Waals surface area (Å²) in [4.78, 5) is 25.8. The van der Waals surface area contributed by atoms with Crippen LogP contribution in [0.1, 0.15) is 64.2 Å². The number of allylic oxidation sites excluding steroid dienone is 1. The quantitative estimate of drug-likeness (QED) is 0.739. The van der Waals surface area contributed by atoms with E-state index in [0.717, 1.165) is 32.1 Å². The number of rotatable bonds is 6. The molecule has 0 heterocycles. The molecule has 1 fully saturated rings. The summed E-state index contributed by atoms with van der Waals surface area (Å²) in [7, 11) is 1.98. The van der Waals surface area contributed by atoms with Gasteiger partial charge in [-0.3, -0.25) is 15.0 Å². The Bertz CT molecular complexity index is 428. The Morgan fingerprint density at radius 2 is 1.96 bits per heavy atom. The van der Waals surface area contributed by atoms with E-state index in [-0.39, 0.29) is 11.9 Å². The molecule has 130 valence electrons. The number of urea groups is 1. The van der Waals surface area contributed by atoms with Crippen molar-refractivity contribution >= 4 is 11.9 Å². The Morgan fingerprint density at radius 3 is 2.65 bits per heavy atom. The summed E-state index contributed by atoms with van der Waals surface area (Å²) in [5.74, 6) is -0.215. The van der Waals surface area contributed by atoms with Crippen LogP contribution in [0, 0.1) is 0 Å². The van der Waals surface area contributed by atoms with E-state index in [9.17, 15) is 9.59 Å². The van der Waals surface area contributed by atoms with Crippen LogP contribution in [0.2, 0.25) is 0 Å². The molecule has 2 aliphatic carbocycles. The van der Waals surface area contributed by atoms with Crippen LogP contribution in [0.3, 0.4) is 0 Å². The van der Waals surface area contributed by atoms with E-state index >= 15 is 0 Å². The van der Waals surface area contributed by atoms with Crippen molar-refractivity contribution in [2.45, 2.75) is 70.3 Å². The molecule has 0 aromatic carbocycles. The second-order valence-electron chi connectivity index (χ2n) is 6.87. The summed E-state index contributed by atoms with van der Waals surface area (Å²) in [6.45, 7) is 0.895. The van der Waals surface area contributed by atoms with Crippen LogP contribution >= 0.6 is 0 Å². The van der Waals surface area contributed by atoms with Crippen molar-refractivity contribution in [1.29, 1.82) is 0 Å². The molecule has 0 radical (unpaired) electrons. The lowest BCUT2D eigenvalue weighted by atomic mass is 9.94. The maximum absolute atomic E-state index is 11.9. The molecule has 0 aliphatic heterocycles. The molecule has 5 heteroatoms. The molecule has 0 bridgehead atoms. The van der Waals surface area contributed by atoms with Crippen molar-refractivity contribution in [1.82, 2.24) is 15.5 Å². The average Bonchev–Trinajstić information content (AvgIpc) is 2.56. The second-order valence-corrected chi connectivity index (χ2v) is 6.87. The largest absolute Gasteiger partial charge is 0.337 e. The maximum atomic E-state index is 11.9. The van der Waals surface area contributed by atoms with Crippen molar-refractivity contribution in [2.75, 3.05) is 20.1 Å². The predicted molar refractivity (Wildman–Crippen MR) is 92.2 cm³/mol. The fourth-order valence-corrected chi connectivity index (χ4v) is 3.56. The van der Waals surface area contributed by atoms with Gasteiger partial charge in [0.25, 0.3) is 0 Å². The van der Waals surface area contributed by atoms with E-state index in [0.29, 0.717) is 19.1 Å². The van der Waals surface area contributed by atoms with Crippen molar-refractivity contribution in [3.63, 3.8) is 0 Å². The third-order valence-electron chi connectivity index (χ3n) is 4.96. The number of nitrogens with zero attached hydrogens (tertiary/aromatic N) is 1. The fourth-order valence-electron chi connectivity index (χ4n) is 3.56. The van der Waals surface area contributed by atoms with Gasteiger partial charge in [0.2, 0.25) is 5.91 Å². The van der Waals surface area contributed by atoms with Gasteiger partial charge in [0.05, 0.1) is 6.54 Å². The van der Waals surface area contributed by atoms with Gasteiger partial charge in [-0.2, -0.15) is 0 Å². The van der Waals surface area contributed by atoms with Crippen molar-refractivity contribution in [3.05, 3.63) is 11.6 Å². The van der Waals surface area contributed by atoms with E-state index in [1.165, 1.54) is 37.7 Å². The van der Waals surface area contributed by atoms with Gasteiger partial charge in [-0.1, -0.05) is 30.9 Å². The van der Waals surface area contributed by atoms with E-state index < -0.39 is 0 Å². The molecule has 0 spiro atoms. The van der Waals surface area contributed by atoms with Gasteiger partial charge in [0.1, 0.15) is 0 Å². The molecule has 2 aliphatic rings. The molecule has 0 aromatic heterocycles. The lowest BCUT2D eigenvalue weighted by molar-refractivity contribution is -0.121. The van der Waals surface area contributed by atoms with E-state index in [1.807, 2.05) is 7.05 Å². The zero-order chi connectivity index (χ0) is 16.5. The Hall–Kier alpha value is -1.36. The monoisotopic (exact) mass is 321 g/mol. The molecule has 0 atom stereocenters. The Morgan fingerprint density at radius 1 is 1.17 bits per heavy atom. The number of carbonyl (C=O) groups excluding carboxylic acids is 2. The average molecular weight is 321 g/mol. The molecular formula is C18H31N3O2. The van der Waals surface area contributed by atoms with Gasteiger partial charge in [0, 0.05) is 12.6 Å². The second kappa shape index (κ2) is 9.71. The van der Waals surface area contributed by atoms with Crippen LogP contribution in [0.5, 0.6) is 0 Å².